The van der Waals surface area contributed by atoms with Crippen LogP contribution in [-0.2, 0) is 0 Å². The Morgan fingerprint density at radius 3 is 2.62 bits per heavy atom. The molecule has 0 aromatic heterocycles. The van der Waals surface area contributed by atoms with Gasteiger partial charge in [0, 0.05) is 25.3 Å². The van der Waals surface area contributed by atoms with Crippen molar-refractivity contribution in [2.45, 2.75) is 20.0 Å². The van der Waals surface area contributed by atoms with E-state index in [9.17, 15) is 5.11 Å². The van der Waals surface area contributed by atoms with Crippen LogP contribution in [0.15, 0.2) is 24.3 Å². The van der Waals surface area contributed by atoms with Gasteiger partial charge in [0.15, 0.2) is 0 Å². The van der Waals surface area contributed by atoms with Gasteiger partial charge in [0.2, 0.25) is 0 Å². The lowest BCUT2D eigenvalue weighted by molar-refractivity contribution is 0.180. The summed E-state index contributed by atoms with van der Waals surface area (Å²) in [4.78, 5) is 2.21. The smallest absolute Gasteiger partial charge is 0.0839 e. The number of aliphatic hydroxyl groups is 1. The van der Waals surface area contributed by atoms with Crippen LogP contribution in [0, 0.1) is 6.92 Å². The number of hydrogen-bond donors (Lipinski definition) is 2. The number of aryl methyl sites for hydroxylation is 1. The van der Waals surface area contributed by atoms with E-state index >= 15 is 0 Å². The van der Waals surface area contributed by atoms with Crippen molar-refractivity contribution in [3.63, 3.8) is 0 Å². The molecule has 0 radical (unpaired) electrons. The zero-order chi connectivity index (χ0) is 12.0. The molecule has 1 aromatic carbocycles. The highest BCUT2D eigenvalue weighted by Gasteiger charge is 2.11. The summed E-state index contributed by atoms with van der Waals surface area (Å²) in [6, 6.07) is 8.28. The minimum atomic E-state index is -0.329. The van der Waals surface area contributed by atoms with E-state index in [4.69, 9.17) is 0 Å². The molecule has 2 N–H and O–H groups in total. The maximum absolute atomic E-state index is 9.80. The van der Waals surface area contributed by atoms with Crippen molar-refractivity contribution in [1.82, 2.24) is 5.32 Å². The summed E-state index contributed by atoms with van der Waals surface area (Å²) >= 11 is 0. The van der Waals surface area contributed by atoms with Gasteiger partial charge < -0.3 is 15.3 Å². The first kappa shape index (κ1) is 13.0. The molecule has 0 saturated carbocycles. The molecule has 0 amide bonds. The minimum Gasteiger partial charge on any atom is -0.390 e. The van der Waals surface area contributed by atoms with Crippen molar-refractivity contribution in [3.8, 4) is 0 Å². The molecule has 3 nitrogen and oxygen atoms in total. The number of nitrogens with zero attached hydrogens (tertiary/aromatic N) is 1. The van der Waals surface area contributed by atoms with Gasteiger partial charge in [-0.25, -0.2) is 0 Å². The average molecular weight is 222 g/mol. The van der Waals surface area contributed by atoms with E-state index in [0.717, 1.165) is 6.54 Å². The third-order valence-electron chi connectivity index (χ3n) is 2.71. The Bertz CT molecular complexity index is 315. The van der Waals surface area contributed by atoms with Gasteiger partial charge in [0.1, 0.15) is 0 Å². The molecule has 0 bridgehead atoms. The molecule has 0 aliphatic carbocycles. The van der Waals surface area contributed by atoms with Crippen molar-refractivity contribution in [1.29, 1.82) is 0 Å². The lowest BCUT2D eigenvalue weighted by Crippen LogP contribution is -2.37. The molecule has 1 rings (SSSR count). The Morgan fingerprint density at radius 2 is 2.06 bits per heavy atom. The summed E-state index contributed by atoms with van der Waals surface area (Å²) in [5.41, 5.74) is 2.46. The van der Waals surface area contributed by atoms with Crippen LogP contribution in [0.1, 0.15) is 12.5 Å². The first-order valence-corrected chi connectivity index (χ1v) is 5.82. The number of hydrogen-bond acceptors (Lipinski definition) is 3. The van der Waals surface area contributed by atoms with Crippen LogP contribution in [0.5, 0.6) is 0 Å². The molecule has 0 heterocycles. The molecular formula is C13H22N2O. The molecular weight excluding hydrogens is 200 g/mol. The summed E-state index contributed by atoms with van der Waals surface area (Å²) in [7, 11) is 1.85. The van der Waals surface area contributed by atoms with Crippen LogP contribution in [0.4, 0.5) is 5.69 Å². The molecule has 0 saturated heterocycles. The second kappa shape index (κ2) is 6.51. The predicted octanol–water partition coefficient (Wildman–Crippen LogP) is 1.40. The molecule has 1 unspecified atom stereocenters. The van der Waals surface area contributed by atoms with Gasteiger partial charge in [-0.1, -0.05) is 18.2 Å². The number of nitrogens with one attached hydrogen (secondary N) is 1. The fourth-order valence-electron chi connectivity index (χ4n) is 1.87. The Balaban J connectivity index is 2.71. The number of para-hydroxylation sites is 1. The molecule has 0 aliphatic heterocycles. The normalized spacial score (nSPS) is 12.5. The van der Waals surface area contributed by atoms with E-state index in [1.807, 2.05) is 19.2 Å². The topological polar surface area (TPSA) is 35.5 Å². The van der Waals surface area contributed by atoms with Crippen LogP contribution in [-0.4, -0.2) is 37.9 Å². The second-order valence-corrected chi connectivity index (χ2v) is 4.04. The lowest BCUT2D eigenvalue weighted by atomic mass is 10.1. The van der Waals surface area contributed by atoms with Crippen molar-refractivity contribution >= 4 is 5.69 Å². The van der Waals surface area contributed by atoms with Crippen LogP contribution < -0.4 is 10.2 Å². The number of benzene rings is 1. The maximum atomic E-state index is 9.80. The Labute approximate surface area is 98.1 Å². The predicted molar refractivity (Wildman–Crippen MR) is 69.0 cm³/mol. The molecule has 0 aliphatic rings. The van der Waals surface area contributed by atoms with Crippen LogP contribution in [0.3, 0.4) is 0 Å². The Hall–Kier alpha value is -1.06. The number of anilines is 1. The first-order chi connectivity index (χ1) is 7.69. The summed E-state index contributed by atoms with van der Waals surface area (Å²) < 4.78 is 0. The monoisotopic (exact) mass is 222 g/mol. The van der Waals surface area contributed by atoms with Crippen LogP contribution in [0.25, 0.3) is 0 Å². The van der Waals surface area contributed by atoms with Gasteiger partial charge >= 0.3 is 0 Å². The SMILES string of the molecule is CCN(CC(O)CNC)c1ccccc1C. The van der Waals surface area contributed by atoms with Gasteiger partial charge in [-0.15, -0.1) is 0 Å². The molecule has 3 heteroatoms. The van der Waals surface area contributed by atoms with E-state index < -0.39 is 0 Å². The van der Waals surface area contributed by atoms with E-state index in [0.29, 0.717) is 13.1 Å². The standard InChI is InChI=1S/C13H22N2O/c1-4-15(10-12(16)9-14-3)13-8-6-5-7-11(13)2/h5-8,12,14,16H,4,9-10H2,1-3H3. The van der Waals surface area contributed by atoms with Crippen molar-refractivity contribution in [2.24, 2.45) is 0 Å². The third-order valence-corrected chi connectivity index (χ3v) is 2.71. The van der Waals surface area contributed by atoms with Crippen molar-refractivity contribution in [2.75, 3.05) is 31.6 Å². The van der Waals surface area contributed by atoms with Gasteiger partial charge in [-0.05, 0) is 32.5 Å². The fraction of sp³-hybridized carbons (Fsp3) is 0.538. The van der Waals surface area contributed by atoms with Crippen molar-refractivity contribution < 1.29 is 5.11 Å². The van der Waals surface area contributed by atoms with Crippen LogP contribution in [0.2, 0.25) is 0 Å². The van der Waals surface area contributed by atoms with Crippen molar-refractivity contribution in [3.05, 3.63) is 29.8 Å². The molecule has 90 valence electrons. The van der Waals surface area contributed by atoms with E-state index in [2.05, 4.69) is 36.2 Å². The molecule has 16 heavy (non-hydrogen) atoms. The van der Waals surface area contributed by atoms with Gasteiger partial charge in [0.25, 0.3) is 0 Å². The van der Waals surface area contributed by atoms with E-state index in [1.54, 1.807) is 0 Å². The van der Waals surface area contributed by atoms with Gasteiger partial charge in [0.05, 0.1) is 6.10 Å². The summed E-state index contributed by atoms with van der Waals surface area (Å²) in [6.07, 6.45) is -0.329. The minimum absolute atomic E-state index is 0.329. The first-order valence-electron chi connectivity index (χ1n) is 5.82. The third kappa shape index (κ3) is 3.51. The Morgan fingerprint density at radius 1 is 1.38 bits per heavy atom. The highest BCUT2D eigenvalue weighted by Crippen LogP contribution is 2.19. The fourth-order valence-corrected chi connectivity index (χ4v) is 1.87. The molecule has 0 fully saturated rings. The lowest BCUT2D eigenvalue weighted by Gasteiger charge is -2.27. The van der Waals surface area contributed by atoms with E-state index in [1.165, 1.54) is 11.3 Å². The summed E-state index contributed by atoms with van der Waals surface area (Å²) in [5, 5.41) is 12.8. The van der Waals surface area contributed by atoms with Gasteiger partial charge in [-0.3, -0.25) is 0 Å². The van der Waals surface area contributed by atoms with Crippen LogP contribution >= 0.6 is 0 Å². The molecule has 0 spiro atoms. The second-order valence-electron chi connectivity index (χ2n) is 4.04. The Kier molecular flexibility index (Phi) is 5.29. The quantitative estimate of drug-likeness (QED) is 0.764. The average Bonchev–Trinajstić information content (AvgIpc) is 2.27. The highest BCUT2D eigenvalue weighted by atomic mass is 16.3. The van der Waals surface area contributed by atoms with E-state index in [-0.39, 0.29) is 6.10 Å². The zero-order valence-corrected chi connectivity index (χ0v) is 10.4. The number of rotatable bonds is 6. The summed E-state index contributed by atoms with van der Waals surface area (Å²) in [6.45, 7) is 6.41. The highest BCUT2D eigenvalue weighted by molar-refractivity contribution is 5.52. The summed E-state index contributed by atoms with van der Waals surface area (Å²) in [5.74, 6) is 0. The largest absolute Gasteiger partial charge is 0.390 e. The molecule has 1 aromatic rings. The number of aliphatic hydroxyl groups excluding tert-OH is 1. The van der Waals surface area contributed by atoms with Gasteiger partial charge in [-0.2, -0.15) is 0 Å². The number of likely N-dealkylation sites (N-methyl/N-ethyl adjacent to an activating group) is 2. The molecule has 1 atom stereocenters. The maximum Gasteiger partial charge on any atom is 0.0839 e. The zero-order valence-electron chi connectivity index (χ0n) is 10.4.